The van der Waals surface area contributed by atoms with Gasteiger partial charge in [-0.2, -0.15) is 0 Å². The smallest absolute Gasteiger partial charge is 0.273 e. The van der Waals surface area contributed by atoms with Gasteiger partial charge in [0.1, 0.15) is 9.72 Å². The van der Waals surface area contributed by atoms with Crippen molar-refractivity contribution in [3.05, 3.63) is 22.5 Å². The maximum Gasteiger partial charge on any atom is 0.273 e. The largest absolute Gasteiger partial charge is 0.313 e. The van der Waals surface area contributed by atoms with Crippen LogP contribution in [0.3, 0.4) is 0 Å². The molecule has 0 saturated carbocycles. The molecule has 0 aliphatic heterocycles. The molecule has 6 nitrogen and oxygen atoms in total. The summed E-state index contributed by atoms with van der Waals surface area (Å²) in [6.45, 7) is 3.52. The molecule has 0 fully saturated rings. The van der Waals surface area contributed by atoms with E-state index in [2.05, 4.69) is 20.2 Å². The van der Waals surface area contributed by atoms with E-state index in [1.165, 1.54) is 16.8 Å². The second-order valence-electron chi connectivity index (χ2n) is 3.40. The van der Waals surface area contributed by atoms with Gasteiger partial charge in [0.2, 0.25) is 5.13 Å². The predicted octanol–water partition coefficient (Wildman–Crippen LogP) is 1.51. The fourth-order valence-corrected chi connectivity index (χ4v) is 4.14. The van der Waals surface area contributed by atoms with Gasteiger partial charge in [-0.15, -0.1) is 21.5 Å². The molecular weight excluding hydrogens is 292 g/mol. The van der Waals surface area contributed by atoms with Crippen LogP contribution in [-0.4, -0.2) is 25.2 Å². The van der Waals surface area contributed by atoms with Crippen molar-refractivity contribution in [1.82, 2.24) is 15.5 Å². The van der Waals surface area contributed by atoms with Gasteiger partial charge in [-0.25, -0.2) is 8.42 Å². The third kappa shape index (κ3) is 3.25. The number of aromatic nitrogens is 2. The van der Waals surface area contributed by atoms with E-state index in [1.54, 1.807) is 6.07 Å². The number of hydrogen-bond donors (Lipinski definition) is 2. The molecule has 0 saturated heterocycles. The van der Waals surface area contributed by atoms with Crippen LogP contribution in [0.2, 0.25) is 0 Å². The van der Waals surface area contributed by atoms with E-state index in [1.807, 2.05) is 12.3 Å². The van der Waals surface area contributed by atoms with Crippen LogP contribution >= 0.6 is 22.7 Å². The Hall–Kier alpha value is -1.03. The van der Waals surface area contributed by atoms with Crippen LogP contribution in [0.1, 0.15) is 12.5 Å². The zero-order valence-corrected chi connectivity index (χ0v) is 12.0. The maximum absolute atomic E-state index is 12.0. The van der Waals surface area contributed by atoms with E-state index < -0.39 is 10.0 Å². The first-order chi connectivity index (χ1) is 8.62. The van der Waals surface area contributed by atoms with Crippen molar-refractivity contribution in [1.29, 1.82) is 0 Å². The van der Waals surface area contributed by atoms with Crippen LogP contribution in [0.4, 0.5) is 5.13 Å². The highest BCUT2D eigenvalue weighted by Crippen LogP contribution is 2.23. The van der Waals surface area contributed by atoms with E-state index in [0.29, 0.717) is 6.54 Å². The minimum atomic E-state index is -3.54. The summed E-state index contributed by atoms with van der Waals surface area (Å²) >= 11 is 2.34. The highest BCUT2D eigenvalue weighted by molar-refractivity contribution is 7.94. The number of rotatable bonds is 6. The van der Waals surface area contributed by atoms with Gasteiger partial charge >= 0.3 is 0 Å². The normalized spacial score (nSPS) is 11.6. The molecule has 9 heteroatoms. The lowest BCUT2D eigenvalue weighted by Crippen LogP contribution is -2.12. The maximum atomic E-state index is 12.0. The molecule has 0 amide bonds. The fourth-order valence-electron chi connectivity index (χ4n) is 1.24. The minimum Gasteiger partial charge on any atom is -0.313 e. The molecule has 0 aromatic carbocycles. The number of thiophene rings is 1. The second-order valence-corrected chi connectivity index (χ2v) is 7.06. The number of sulfonamides is 1. The Morgan fingerprint density at radius 3 is 2.89 bits per heavy atom. The van der Waals surface area contributed by atoms with Crippen LogP contribution in [-0.2, 0) is 16.6 Å². The van der Waals surface area contributed by atoms with Crippen molar-refractivity contribution >= 4 is 37.8 Å². The second kappa shape index (κ2) is 5.74. The van der Waals surface area contributed by atoms with Gasteiger partial charge in [-0.1, -0.05) is 18.3 Å². The van der Waals surface area contributed by atoms with Crippen LogP contribution in [0.15, 0.2) is 21.2 Å². The van der Waals surface area contributed by atoms with Gasteiger partial charge in [-0.3, -0.25) is 4.72 Å². The molecule has 2 heterocycles. The first-order valence-electron chi connectivity index (χ1n) is 5.19. The van der Waals surface area contributed by atoms with Crippen molar-refractivity contribution in [3.8, 4) is 0 Å². The summed E-state index contributed by atoms with van der Waals surface area (Å²) in [6.07, 6.45) is 0. The Labute approximate surface area is 113 Å². The molecule has 0 unspecified atom stereocenters. The molecule has 98 valence electrons. The zero-order chi connectivity index (χ0) is 13.0. The van der Waals surface area contributed by atoms with Crippen molar-refractivity contribution in [2.75, 3.05) is 11.3 Å². The fraction of sp³-hybridized carbons (Fsp3) is 0.333. The summed E-state index contributed by atoms with van der Waals surface area (Å²) in [5, 5.41) is 12.5. The van der Waals surface area contributed by atoms with Crippen molar-refractivity contribution in [3.63, 3.8) is 0 Å². The van der Waals surface area contributed by atoms with E-state index in [0.717, 1.165) is 23.4 Å². The molecule has 0 aliphatic rings. The Balaban J connectivity index is 2.12. The minimum absolute atomic E-state index is 0.275. The lowest BCUT2D eigenvalue weighted by atomic mass is 10.3. The van der Waals surface area contributed by atoms with Crippen LogP contribution in [0.5, 0.6) is 0 Å². The Morgan fingerprint density at radius 1 is 1.39 bits per heavy atom. The number of nitrogens with one attached hydrogen (secondary N) is 2. The Bertz CT molecular complexity index is 591. The number of anilines is 1. The SMILES string of the molecule is CCNCc1csc(S(=O)(=O)Nc2nncs2)c1. The summed E-state index contributed by atoms with van der Waals surface area (Å²) in [5.74, 6) is 0. The van der Waals surface area contributed by atoms with Crippen LogP contribution < -0.4 is 10.0 Å². The quantitative estimate of drug-likeness (QED) is 0.845. The third-order valence-electron chi connectivity index (χ3n) is 2.06. The monoisotopic (exact) mass is 304 g/mol. The van der Waals surface area contributed by atoms with E-state index in [4.69, 9.17) is 0 Å². The summed E-state index contributed by atoms with van der Waals surface area (Å²) in [6, 6.07) is 1.66. The van der Waals surface area contributed by atoms with Crippen LogP contribution in [0.25, 0.3) is 0 Å². The van der Waals surface area contributed by atoms with Crippen molar-refractivity contribution in [2.24, 2.45) is 0 Å². The third-order valence-corrected chi connectivity index (χ3v) is 5.62. The lowest BCUT2D eigenvalue weighted by molar-refractivity contribution is 0.603. The highest BCUT2D eigenvalue weighted by Gasteiger charge is 2.18. The van der Waals surface area contributed by atoms with Gasteiger partial charge < -0.3 is 5.32 Å². The summed E-state index contributed by atoms with van der Waals surface area (Å²) in [4.78, 5) is 0. The molecule has 2 aromatic rings. The highest BCUT2D eigenvalue weighted by atomic mass is 32.2. The zero-order valence-electron chi connectivity index (χ0n) is 9.58. The van der Waals surface area contributed by atoms with Gasteiger partial charge in [0, 0.05) is 6.54 Å². The van der Waals surface area contributed by atoms with E-state index in [-0.39, 0.29) is 9.34 Å². The molecule has 0 radical (unpaired) electrons. The summed E-state index contributed by atoms with van der Waals surface area (Å²) in [5.41, 5.74) is 2.43. The predicted molar refractivity (Wildman–Crippen MR) is 72.4 cm³/mol. The standard InChI is InChI=1S/C9H12N4O2S3/c1-2-10-4-7-3-8(16-5-7)18(14,15)13-9-12-11-6-17-9/h3,5-6,10H,2,4H2,1H3,(H,12,13). The molecule has 0 bridgehead atoms. The molecule has 2 rings (SSSR count). The molecule has 0 aliphatic carbocycles. The average molecular weight is 304 g/mol. The molecule has 2 N–H and O–H groups in total. The summed E-state index contributed by atoms with van der Waals surface area (Å²) in [7, 11) is -3.54. The first kappa shape index (κ1) is 13.4. The summed E-state index contributed by atoms with van der Waals surface area (Å²) < 4.78 is 26.7. The van der Waals surface area contributed by atoms with E-state index in [9.17, 15) is 8.42 Å². The first-order valence-corrected chi connectivity index (χ1v) is 8.43. The molecular formula is C9H12N4O2S3. The van der Waals surface area contributed by atoms with Crippen LogP contribution in [0, 0.1) is 0 Å². The molecule has 0 atom stereocenters. The molecule has 18 heavy (non-hydrogen) atoms. The number of nitrogens with zero attached hydrogens (tertiary/aromatic N) is 2. The van der Waals surface area contributed by atoms with Crippen molar-refractivity contribution in [2.45, 2.75) is 17.7 Å². The van der Waals surface area contributed by atoms with Crippen molar-refractivity contribution < 1.29 is 8.42 Å². The van der Waals surface area contributed by atoms with Gasteiger partial charge in [0.15, 0.2) is 0 Å². The topological polar surface area (TPSA) is 84.0 Å². The van der Waals surface area contributed by atoms with Gasteiger partial charge in [0.25, 0.3) is 10.0 Å². The van der Waals surface area contributed by atoms with Gasteiger partial charge in [0.05, 0.1) is 0 Å². The average Bonchev–Trinajstić information content (AvgIpc) is 2.96. The number of hydrogen-bond acceptors (Lipinski definition) is 7. The Kier molecular flexibility index (Phi) is 4.27. The molecule has 0 spiro atoms. The Morgan fingerprint density at radius 2 is 2.22 bits per heavy atom. The molecule has 2 aromatic heterocycles. The lowest BCUT2D eigenvalue weighted by Gasteiger charge is -2.01. The van der Waals surface area contributed by atoms with Gasteiger partial charge in [-0.05, 0) is 23.6 Å². The van der Waals surface area contributed by atoms with E-state index >= 15 is 0 Å².